The Bertz CT molecular complexity index is 619. The second kappa shape index (κ2) is 6.29. The van der Waals surface area contributed by atoms with Gasteiger partial charge in [-0.2, -0.15) is 0 Å². The van der Waals surface area contributed by atoms with Gasteiger partial charge < -0.3 is 4.74 Å². The summed E-state index contributed by atoms with van der Waals surface area (Å²) in [6.07, 6.45) is 0. The average Bonchev–Trinajstić information content (AvgIpc) is 2.42. The maximum Gasteiger partial charge on any atom is 0.167 e. The maximum atomic E-state index is 12.1. The van der Waals surface area contributed by atoms with Crippen molar-refractivity contribution in [1.82, 2.24) is 0 Å². The van der Waals surface area contributed by atoms with Crippen molar-refractivity contribution >= 4 is 29.0 Å². The molecular weight excluding hydrogens is 295 g/mol. The molecule has 2 nitrogen and oxygen atoms in total. The number of Topliss-reactive ketones (excluding diaryl/α,β-unsaturated/α-hetero) is 1. The molecule has 20 heavy (non-hydrogen) atoms. The Labute approximate surface area is 128 Å². The van der Waals surface area contributed by atoms with Gasteiger partial charge in [0.05, 0.1) is 5.02 Å². The van der Waals surface area contributed by atoms with Crippen LogP contribution in [0.2, 0.25) is 10.0 Å². The lowest BCUT2D eigenvalue weighted by atomic mass is 10.0. The third-order valence-electron chi connectivity index (χ3n) is 2.78. The Morgan fingerprint density at radius 3 is 2.20 bits per heavy atom. The number of rotatable bonds is 4. The van der Waals surface area contributed by atoms with Crippen LogP contribution in [0.25, 0.3) is 0 Å². The molecule has 0 N–H and O–H groups in total. The number of carbonyl (C=O) groups excluding carboxylic acids is 1. The molecule has 0 saturated carbocycles. The Morgan fingerprint density at radius 2 is 1.60 bits per heavy atom. The van der Waals surface area contributed by atoms with Crippen LogP contribution in [-0.2, 0) is 0 Å². The number of ether oxygens (including phenoxy) is 1. The number of carbonyl (C=O) groups is 1. The molecule has 104 valence electrons. The van der Waals surface area contributed by atoms with Gasteiger partial charge in [-0.15, -0.1) is 0 Å². The fourth-order valence-electron chi connectivity index (χ4n) is 1.71. The lowest BCUT2D eigenvalue weighted by Gasteiger charge is -2.10. The first-order valence-electron chi connectivity index (χ1n) is 6.24. The van der Waals surface area contributed by atoms with Gasteiger partial charge >= 0.3 is 0 Å². The van der Waals surface area contributed by atoms with E-state index >= 15 is 0 Å². The van der Waals surface area contributed by atoms with E-state index in [1.165, 1.54) is 0 Å². The first-order valence-corrected chi connectivity index (χ1v) is 7.00. The molecule has 2 rings (SSSR count). The standard InChI is InChI=1S/C16H14Cl2O2/c1-10(2)16(19)14-9-13(7-8-15(14)18)20-12-5-3-11(17)4-6-12/h3-10H,1-2H3. The van der Waals surface area contributed by atoms with Crippen LogP contribution >= 0.6 is 23.2 Å². The van der Waals surface area contributed by atoms with E-state index in [1.807, 2.05) is 13.8 Å². The lowest BCUT2D eigenvalue weighted by Crippen LogP contribution is -2.08. The molecule has 0 bridgehead atoms. The fraction of sp³-hybridized carbons (Fsp3) is 0.188. The van der Waals surface area contributed by atoms with Crippen molar-refractivity contribution in [1.29, 1.82) is 0 Å². The number of benzene rings is 2. The van der Waals surface area contributed by atoms with Crippen molar-refractivity contribution < 1.29 is 9.53 Å². The van der Waals surface area contributed by atoms with Gasteiger partial charge in [0.2, 0.25) is 0 Å². The number of hydrogen-bond donors (Lipinski definition) is 0. The van der Waals surface area contributed by atoms with Crippen LogP contribution in [0.5, 0.6) is 11.5 Å². The number of ketones is 1. The molecule has 0 amide bonds. The highest BCUT2D eigenvalue weighted by atomic mass is 35.5. The van der Waals surface area contributed by atoms with Crippen molar-refractivity contribution in [2.75, 3.05) is 0 Å². The molecule has 0 aliphatic rings. The minimum absolute atomic E-state index is 0.00319. The Morgan fingerprint density at radius 1 is 1.00 bits per heavy atom. The predicted molar refractivity (Wildman–Crippen MR) is 82.1 cm³/mol. The van der Waals surface area contributed by atoms with Crippen molar-refractivity contribution in [2.45, 2.75) is 13.8 Å². The molecule has 0 radical (unpaired) electrons. The number of halogens is 2. The number of hydrogen-bond acceptors (Lipinski definition) is 2. The molecule has 0 aliphatic heterocycles. The molecular formula is C16H14Cl2O2. The molecule has 2 aromatic rings. The van der Waals surface area contributed by atoms with Gasteiger partial charge in [-0.05, 0) is 42.5 Å². The van der Waals surface area contributed by atoms with Gasteiger partial charge in [0, 0.05) is 16.5 Å². The zero-order chi connectivity index (χ0) is 14.7. The SMILES string of the molecule is CC(C)C(=O)c1cc(Oc2ccc(Cl)cc2)ccc1Cl. The quantitative estimate of drug-likeness (QED) is 0.685. The van der Waals surface area contributed by atoms with Crippen molar-refractivity contribution in [2.24, 2.45) is 5.92 Å². The molecule has 0 unspecified atom stereocenters. The highest BCUT2D eigenvalue weighted by Gasteiger charge is 2.15. The van der Waals surface area contributed by atoms with E-state index < -0.39 is 0 Å². The molecule has 4 heteroatoms. The van der Waals surface area contributed by atoms with Crippen LogP contribution in [0.15, 0.2) is 42.5 Å². The second-order valence-corrected chi connectivity index (χ2v) is 5.56. The molecule has 0 saturated heterocycles. The largest absolute Gasteiger partial charge is 0.457 e. The summed E-state index contributed by atoms with van der Waals surface area (Å²) in [6, 6.07) is 12.1. The summed E-state index contributed by atoms with van der Waals surface area (Å²) >= 11 is 11.9. The van der Waals surface area contributed by atoms with Crippen molar-refractivity contribution in [3.8, 4) is 11.5 Å². The van der Waals surface area contributed by atoms with Crippen molar-refractivity contribution in [3.63, 3.8) is 0 Å². The van der Waals surface area contributed by atoms with Crippen LogP contribution in [0, 0.1) is 5.92 Å². The summed E-state index contributed by atoms with van der Waals surface area (Å²) in [5.74, 6) is 1.11. The highest BCUT2D eigenvalue weighted by Crippen LogP contribution is 2.28. The Kier molecular flexibility index (Phi) is 4.69. The van der Waals surface area contributed by atoms with Gasteiger partial charge in [0.25, 0.3) is 0 Å². The lowest BCUT2D eigenvalue weighted by molar-refractivity contribution is 0.0939. The summed E-state index contributed by atoms with van der Waals surface area (Å²) in [6.45, 7) is 3.68. The van der Waals surface area contributed by atoms with E-state index in [-0.39, 0.29) is 11.7 Å². The highest BCUT2D eigenvalue weighted by molar-refractivity contribution is 6.34. The normalized spacial score (nSPS) is 10.7. The van der Waals surface area contributed by atoms with Crippen molar-refractivity contribution in [3.05, 3.63) is 58.1 Å². The zero-order valence-corrected chi connectivity index (χ0v) is 12.7. The fourth-order valence-corrected chi connectivity index (χ4v) is 2.04. The molecule has 2 aromatic carbocycles. The second-order valence-electron chi connectivity index (χ2n) is 4.72. The third-order valence-corrected chi connectivity index (χ3v) is 3.36. The summed E-state index contributed by atoms with van der Waals surface area (Å²) < 4.78 is 5.69. The molecule has 0 aliphatic carbocycles. The predicted octanol–water partition coefficient (Wildman–Crippen LogP) is 5.62. The van der Waals surface area contributed by atoms with E-state index in [4.69, 9.17) is 27.9 Å². The van der Waals surface area contributed by atoms with E-state index in [2.05, 4.69) is 0 Å². The monoisotopic (exact) mass is 308 g/mol. The topological polar surface area (TPSA) is 26.3 Å². The van der Waals surface area contributed by atoms with Gasteiger partial charge in [-0.25, -0.2) is 0 Å². The molecule has 0 aromatic heterocycles. The minimum atomic E-state index is -0.113. The summed E-state index contributed by atoms with van der Waals surface area (Å²) in [5, 5.41) is 1.08. The van der Waals surface area contributed by atoms with E-state index in [9.17, 15) is 4.79 Å². The van der Waals surface area contributed by atoms with Gasteiger partial charge in [-0.1, -0.05) is 37.0 Å². The van der Waals surface area contributed by atoms with E-state index in [1.54, 1.807) is 42.5 Å². The molecule has 0 heterocycles. The zero-order valence-electron chi connectivity index (χ0n) is 11.2. The van der Waals surface area contributed by atoms with Crippen LogP contribution in [0.1, 0.15) is 24.2 Å². The third kappa shape index (κ3) is 3.53. The molecule has 0 spiro atoms. The van der Waals surface area contributed by atoms with Crippen LogP contribution in [-0.4, -0.2) is 5.78 Å². The smallest absolute Gasteiger partial charge is 0.167 e. The summed E-state index contributed by atoms with van der Waals surface area (Å²) in [7, 11) is 0. The first kappa shape index (κ1) is 14.9. The Balaban J connectivity index is 2.27. The minimum Gasteiger partial charge on any atom is -0.457 e. The Hall–Kier alpha value is -1.51. The first-order chi connectivity index (χ1) is 9.47. The summed E-state index contributed by atoms with van der Waals surface area (Å²) in [5.41, 5.74) is 0.480. The van der Waals surface area contributed by atoms with Gasteiger partial charge in [0.1, 0.15) is 11.5 Å². The molecule has 0 fully saturated rings. The van der Waals surface area contributed by atoms with Crippen LogP contribution in [0.4, 0.5) is 0 Å². The van der Waals surface area contributed by atoms with Gasteiger partial charge in [-0.3, -0.25) is 4.79 Å². The molecule has 0 atom stereocenters. The van der Waals surface area contributed by atoms with E-state index in [0.717, 1.165) is 0 Å². The van der Waals surface area contributed by atoms with E-state index in [0.29, 0.717) is 27.1 Å². The average molecular weight is 309 g/mol. The summed E-state index contributed by atoms with van der Waals surface area (Å²) in [4.78, 5) is 12.1. The van der Waals surface area contributed by atoms with Gasteiger partial charge in [0.15, 0.2) is 5.78 Å². The van der Waals surface area contributed by atoms with Crippen LogP contribution < -0.4 is 4.74 Å². The maximum absolute atomic E-state index is 12.1. The van der Waals surface area contributed by atoms with Crippen LogP contribution in [0.3, 0.4) is 0 Å².